The van der Waals surface area contributed by atoms with Crippen LogP contribution in [0.3, 0.4) is 0 Å². The molecule has 0 fully saturated rings. The van der Waals surface area contributed by atoms with Crippen LogP contribution in [0.1, 0.15) is 47.2 Å². The van der Waals surface area contributed by atoms with E-state index in [0.29, 0.717) is 0 Å². The van der Waals surface area contributed by atoms with E-state index in [1.165, 1.54) is 133 Å². The minimum absolute atomic E-state index is 0.166. The molecular formula is C73H54N2. The van der Waals surface area contributed by atoms with E-state index in [4.69, 9.17) is 0 Å². The molecule has 12 aromatic carbocycles. The maximum absolute atomic E-state index is 2.53. The van der Waals surface area contributed by atoms with Gasteiger partial charge in [-0.1, -0.05) is 196 Å². The molecule has 0 atom stereocenters. The summed E-state index contributed by atoms with van der Waals surface area (Å²) in [6.45, 7) is 4.80. The first-order valence-electron chi connectivity index (χ1n) is 26.7. The molecule has 356 valence electrons. The normalized spacial score (nSPS) is 14.1. The SMILES string of the molecule is CC1(C)c2ccccc2-c2ccc(-c3c4ccc(N5c6ccccc6CCc6ccccc65)cc4c(-c4cccc(-c5cccc6ccccc56)c4)c4ccc(N5c6ccccc6CCc6ccccc65)cc34)cc21. The van der Waals surface area contributed by atoms with Crippen LogP contribution in [0, 0.1) is 0 Å². The third kappa shape index (κ3) is 6.86. The molecule has 2 heteroatoms. The fourth-order valence-electron chi connectivity index (χ4n) is 13.4. The summed E-state index contributed by atoms with van der Waals surface area (Å²) in [5.74, 6) is 0. The van der Waals surface area contributed by atoms with Gasteiger partial charge in [-0.05, 0) is 197 Å². The third-order valence-electron chi connectivity index (χ3n) is 17.0. The minimum atomic E-state index is -0.166. The van der Waals surface area contributed by atoms with Crippen molar-refractivity contribution < 1.29 is 0 Å². The van der Waals surface area contributed by atoms with Gasteiger partial charge in [0.2, 0.25) is 0 Å². The summed E-state index contributed by atoms with van der Waals surface area (Å²) in [5.41, 5.74) is 25.3. The molecule has 0 saturated heterocycles. The largest absolute Gasteiger partial charge is 0.310 e. The third-order valence-corrected chi connectivity index (χ3v) is 17.0. The Kier molecular flexibility index (Phi) is 9.91. The summed E-state index contributed by atoms with van der Waals surface area (Å²) in [6.07, 6.45) is 3.97. The highest BCUT2D eigenvalue weighted by Gasteiger charge is 2.36. The molecule has 2 nitrogen and oxygen atoms in total. The van der Waals surface area contributed by atoms with Crippen molar-refractivity contribution in [3.63, 3.8) is 0 Å². The molecule has 1 aliphatic carbocycles. The number of benzene rings is 12. The standard InChI is InChI=1S/C73H54N2/c1-73(2)65-28-10-9-26-59(65)60-40-37-54(44-66(60)73)72-62-42-39-55(74-67-29-11-4-18-48(67)33-34-49-19-5-12-30-68(49)74)45-63(62)71(53-24-15-23-52(43-53)58-27-16-22-47-17-3-8-25-57(47)58)61-41-38-56(46-64(61)72)75-69-31-13-6-20-50(69)35-36-51-21-7-14-32-70(51)75/h3-32,37-46H,33-36H2,1-2H3. The first-order valence-corrected chi connectivity index (χ1v) is 26.7. The fraction of sp³-hybridized carbons (Fsp3) is 0.0959. The second-order valence-corrected chi connectivity index (χ2v) is 21.4. The molecule has 0 unspecified atom stereocenters. The van der Waals surface area contributed by atoms with E-state index in [2.05, 4.69) is 266 Å². The Morgan fingerprint density at radius 2 is 0.733 bits per heavy atom. The summed E-state index contributed by atoms with van der Waals surface area (Å²) < 4.78 is 0. The van der Waals surface area contributed by atoms with Crippen molar-refractivity contribution in [2.45, 2.75) is 44.9 Å². The quantitative estimate of drug-likeness (QED) is 0.159. The van der Waals surface area contributed by atoms with Crippen LogP contribution in [0.4, 0.5) is 34.1 Å². The Balaban J connectivity index is 1.06. The molecule has 0 aromatic heterocycles. The van der Waals surface area contributed by atoms with E-state index in [9.17, 15) is 0 Å². The van der Waals surface area contributed by atoms with Gasteiger partial charge in [-0.25, -0.2) is 0 Å². The van der Waals surface area contributed by atoms with Crippen LogP contribution in [0.15, 0.2) is 243 Å². The van der Waals surface area contributed by atoms with Crippen LogP contribution in [0.5, 0.6) is 0 Å². The van der Waals surface area contributed by atoms with Gasteiger partial charge in [0.1, 0.15) is 0 Å². The van der Waals surface area contributed by atoms with Gasteiger partial charge in [0.25, 0.3) is 0 Å². The lowest BCUT2D eigenvalue weighted by Gasteiger charge is -2.29. The van der Waals surface area contributed by atoms with Gasteiger partial charge >= 0.3 is 0 Å². The van der Waals surface area contributed by atoms with Crippen molar-refractivity contribution in [2.24, 2.45) is 0 Å². The maximum atomic E-state index is 2.53. The zero-order valence-corrected chi connectivity index (χ0v) is 42.3. The minimum Gasteiger partial charge on any atom is -0.310 e. The van der Waals surface area contributed by atoms with Crippen LogP contribution >= 0.6 is 0 Å². The van der Waals surface area contributed by atoms with Crippen molar-refractivity contribution in [2.75, 3.05) is 9.80 Å². The van der Waals surface area contributed by atoms with Gasteiger partial charge in [-0.2, -0.15) is 0 Å². The Morgan fingerprint density at radius 3 is 1.32 bits per heavy atom. The molecule has 0 spiro atoms. The van der Waals surface area contributed by atoms with Crippen LogP contribution in [-0.4, -0.2) is 0 Å². The lowest BCUT2D eigenvalue weighted by Crippen LogP contribution is -2.15. The van der Waals surface area contributed by atoms with Gasteiger partial charge in [-0.3, -0.25) is 0 Å². The topological polar surface area (TPSA) is 6.48 Å². The van der Waals surface area contributed by atoms with Crippen molar-refractivity contribution in [3.8, 4) is 44.5 Å². The van der Waals surface area contributed by atoms with Gasteiger partial charge in [-0.15, -0.1) is 0 Å². The van der Waals surface area contributed by atoms with E-state index < -0.39 is 0 Å². The maximum Gasteiger partial charge on any atom is 0.0493 e. The number of fused-ring (bicyclic) bond motifs is 10. The van der Waals surface area contributed by atoms with Crippen molar-refractivity contribution in [1.29, 1.82) is 0 Å². The van der Waals surface area contributed by atoms with Crippen LogP contribution in [-0.2, 0) is 31.1 Å². The average Bonchev–Trinajstić information content (AvgIpc) is 3.58. The fourth-order valence-corrected chi connectivity index (χ4v) is 13.4. The summed E-state index contributed by atoms with van der Waals surface area (Å²) >= 11 is 0. The van der Waals surface area contributed by atoms with Crippen LogP contribution < -0.4 is 9.80 Å². The van der Waals surface area contributed by atoms with E-state index in [0.717, 1.165) is 37.1 Å². The lowest BCUT2D eigenvalue weighted by molar-refractivity contribution is 0.660. The highest BCUT2D eigenvalue weighted by atomic mass is 15.2. The molecule has 2 heterocycles. The zero-order valence-electron chi connectivity index (χ0n) is 42.3. The first-order chi connectivity index (χ1) is 37.0. The van der Waals surface area contributed by atoms with Crippen molar-refractivity contribution in [1.82, 2.24) is 0 Å². The molecule has 2 aliphatic heterocycles. The van der Waals surface area contributed by atoms with Gasteiger partial charge < -0.3 is 9.80 Å². The predicted molar refractivity (Wildman–Crippen MR) is 317 cm³/mol. The summed E-state index contributed by atoms with van der Waals surface area (Å²) in [6, 6.07) is 92.0. The lowest BCUT2D eigenvalue weighted by atomic mass is 9.80. The van der Waals surface area contributed by atoms with E-state index >= 15 is 0 Å². The molecule has 0 saturated carbocycles. The molecule has 3 aliphatic rings. The Hall–Kier alpha value is -8.98. The molecule has 12 aromatic rings. The Labute approximate surface area is 439 Å². The highest BCUT2D eigenvalue weighted by Crippen LogP contribution is 2.54. The first kappa shape index (κ1) is 43.6. The number of para-hydroxylation sites is 4. The van der Waals surface area contributed by atoms with E-state index in [1.807, 2.05) is 0 Å². The molecule has 0 bridgehead atoms. The van der Waals surface area contributed by atoms with Gasteiger partial charge in [0, 0.05) is 39.5 Å². The zero-order chi connectivity index (χ0) is 49.8. The molecule has 75 heavy (non-hydrogen) atoms. The van der Waals surface area contributed by atoms with Crippen molar-refractivity contribution >= 4 is 66.4 Å². The molecule has 15 rings (SSSR count). The Morgan fingerprint density at radius 1 is 0.293 bits per heavy atom. The number of rotatable bonds is 5. The number of hydrogen-bond acceptors (Lipinski definition) is 2. The molecular weight excluding hydrogens is 905 g/mol. The van der Waals surface area contributed by atoms with E-state index in [-0.39, 0.29) is 5.41 Å². The Bertz CT molecular complexity index is 4210. The second-order valence-electron chi connectivity index (χ2n) is 21.4. The molecule has 0 amide bonds. The summed E-state index contributed by atoms with van der Waals surface area (Å²) in [7, 11) is 0. The van der Waals surface area contributed by atoms with Gasteiger partial charge in [0.15, 0.2) is 0 Å². The number of nitrogens with zero attached hydrogens (tertiary/aromatic N) is 2. The van der Waals surface area contributed by atoms with Crippen molar-refractivity contribution in [3.05, 3.63) is 276 Å². The smallest absolute Gasteiger partial charge is 0.0493 e. The summed E-state index contributed by atoms with van der Waals surface area (Å²) in [4.78, 5) is 5.06. The highest BCUT2D eigenvalue weighted by molar-refractivity contribution is 6.23. The van der Waals surface area contributed by atoms with Crippen LogP contribution in [0.25, 0.3) is 76.8 Å². The molecule has 0 N–H and O–H groups in total. The molecule has 0 radical (unpaired) electrons. The number of hydrogen-bond donors (Lipinski definition) is 0. The number of aryl methyl sites for hydroxylation is 4. The number of anilines is 6. The van der Waals surface area contributed by atoms with Crippen LogP contribution in [0.2, 0.25) is 0 Å². The average molecular weight is 959 g/mol. The second kappa shape index (κ2) is 17.0. The monoisotopic (exact) mass is 958 g/mol. The predicted octanol–water partition coefficient (Wildman–Crippen LogP) is 19.6. The summed E-state index contributed by atoms with van der Waals surface area (Å²) in [5, 5.41) is 7.42. The van der Waals surface area contributed by atoms with Gasteiger partial charge in [0.05, 0.1) is 0 Å². The van der Waals surface area contributed by atoms with E-state index in [1.54, 1.807) is 0 Å².